The Balaban J connectivity index is 1.73. The minimum absolute atomic E-state index is 0.0805. The summed E-state index contributed by atoms with van der Waals surface area (Å²) in [4.78, 5) is 34.5. The summed E-state index contributed by atoms with van der Waals surface area (Å²) in [6, 6.07) is 7.41. The second kappa shape index (κ2) is 9.44. The highest BCUT2D eigenvalue weighted by molar-refractivity contribution is 6.74. The molecule has 1 atom stereocenters. The van der Waals surface area contributed by atoms with Gasteiger partial charge in [0.2, 0.25) is 5.95 Å². The molecule has 0 spiro atoms. The van der Waals surface area contributed by atoms with Gasteiger partial charge in [0, 0.05) is 29.9 Å². The van der Waals surface area contributed by atoms with E-state index in [1.165, 1.54) is 0 Å². The molecule has 4 rings (SSSR count). The molecule has 0 aliphatic carbocycles. The van der Waals surface area contributed by atoms with Crippen LogP contribution >= 0.6 is 0 Å². The number of carbonyl (C=O) groups is 1. The minimum Gasteiger partial charge on any atom is -0.417 e. The van der Waals surface area contributed by atoms with E-state index < -0.39 is 8.32 Å². The number of nitrogens with zero attached hydrogens (tertiary/aromatic N) is 2. The Morgan fingerprint density at radius 3 is 2.43 bits per heavy atom. The van der Waals surface area contributed by atoms with Gasteiger partial charge in [0.25, 0.3) is 11.5 Å². The molecule has 9 heteroatoms. The summed E-state index contributed by atoms with van der Waals surface area (Å²) in [6.07, 6.45) is 0.717. The standard InChI is InChI=1S/C28H41N5O3Si/c1-17-22-20(24(34)29-17)16-21(30-22)18-12-10-13-19-23(18)31-26(32-27(2,3)4)33(25(19)35)14-11-15-36-37(8,9)28(5,6)7/h10,12-13,16-17,30H,11,14-15H2,1-9H3,(H,29,34)(H,31,32). The fourth-order valence-corrected chi connectivity index (χ4v) is 5.45. The molecule has 2 aromatic heterocycles. The lowest BCUT2D eigenvalue weighted by Crippen LogP contribution is -2.41. The zero-order chi connectivity index (χ0) is 27.3. The summed E-state index contributed by atoms with van der Waals surface area (Å²) in [7, 11) is -1.86. The number of para-hydroxylation sites is 1. The minimum atomic E-state index is -1.86. The molecular formula is C28H41N5O3Si. The number of hydrogen-bond acceptors (Lipinski definition) is 5. The quantitative estimate of drug-likeness (QED) is 0.268. The van der Waals surface area contributed by atoms with Gasteiger partial charge in [-0.05, 0) is 64.4 Å². The second-order valence-corrected chi connectivity index (χ2v) is 17.4. The van der Waals surface area contributed by atoms with Crippen molar-refractivity contribution >= 4 is 31.1 Å². The van der Waals surface area contributed by atoms with E-state index in [1.54, 1.807) is 4.57 Å². The molecule has 1 aromatic carbocycles. The van der Waals surface area contributed by atoms with Crippen LogP contribution in [0.3, 0.4) is 0 Å². The lowest BCUT2D eigenvalue weighted by Gasteiger charge is -2.36. The third-order valence-corrected chi connectivity index (χ3v) is 12.0. The summed E-state index contributed by atoms with van der Waals surface area (Å²) in [5.74, 6) is 0.450. The number of nitrogens with one attached hydrogen (secondary N) is 3. The predicted octanol–water partition coefficient (Wildman–Crippen LogP) is 5.82. The molecule has 0 radical (unpaired) electrons. The number of benzene rings is 1. The van der Waals surface area contributed by atoms with Crippen molar-refractivity contribution < 1.29 is 9.22 Å². The molecule has 0 saturated carbocycles. The van der Waals surface area contributed by atoms with E-state index in [9.17, 15) is 9.59 Å². The Bertz CT molecular complexity index is 1390. The van der Waals surface area contributed by atoms with Crippen molar-refractivity contribution in [3.8, 4) is 11.3 Å². The number of amides is 1. The van der Waals surface area contributed by atoms with Gasteiger partial charge >= 0.3 is 0 Å². The van der Waals surface area contributed by atoms with Crippen molar-refractivity contribution in [3.05, 3.63) is 45.9 Å². The first-order valence-corrected chi connectivity index (χ1v) is 16.0. The maximum Gasteiger partial charge on any atom is 0.262 e. The van der Waals surface area contributed by atoms with E-state index in [0.29, 0.717) is 42.0 Å². The molecule has 200 valence electrons. The van der Waals surface area contributed by atoms with Gasteiger partial charge in [-0.15, -0.1) is 0 Å². The Kier molecular flexibility index (Phi) is 6.92. The molecule has 1 aliphatic rings. The number of H-pyrrole nitrogens is 1. The monoisotopic (exact) mass is 523 g/mol. The smallest absolute Gasteiger partial charge is 0.262 e. The summed E-state index contributed by atoms with van der Waals surface area (Å²) in [5.41, 5.74) is 3.32. The molecule has 1 aliphatic heterocycles. The van der Waals surface area contributed by atoms with Crippen molar-refractivity contribution in [1.29, 1.82) is 0 Å². The number of fused-ring (bicyclic) bond motifs is 2. The van der Waals surface area contributed by atoms with Crippen LogP contribution in [0.15, 0.2) is 29.1 Å². The molecule has 0 saturated heterocycles. The molecule has 8 nitrogen and oxygen atoms in total. The normalized spacial score (nSPS) is 16.2. The molecule has 37 heavy (non-hydrogen) atoms. The highest BCUT2D eigenvalue weighted by Crippen LogP contribution is 2.37. The molecule has 1 amide bonds. The topological polar surface area (TPSA) is 101 Å². The Morgan fingerprint density at radius 2 is 1.81 bits per heavy atom. The van der Waals surface area contributed by atoms with E-state index in [-0.39, 0.29) is 28.1 Å². The van der Waals surface area contributed by atoms with Crippen LogP contribution in [-0.4, -0.2) is 40.9 Å². The predicted molar refractivity (Wildman–Crippen MR) is 153 cm³/mol. The van der Waals surface area contributed by atoms with Gasteiger partial charge in [-0.25, -0.2) is 4.98 Å². The fourth-order valence-electron chi connectivity index (χ4n) is 4.36. The Morgan fingerprint density at radius 1 is 1.11 bits per heavy atom. The first-order chi connectivity index (χ1) is 17.1. The highest BCUT2D eigenvalue weighted by atomic mass is 28.4. The number of aromatic amines is 1. The van der Waals surface area contributed by atoms with Gasteiger partial charge < -0.3 is 20.0 Å². The van der Waals surface area contributed by atoms with Crippen LogP contribution in [0.5, 0.6) is 0 Å². The Labute approximate surface area is 220 Å². The van der Waals surface area contributed by atoms with Crippen LogP contribution in [0.1, 0.15) is 77.0 Å². The molecule has 3 N–H and O–H groups in total. The maximum absolute atomic E-state index is 13.8. The van der Waals surface area contributed by atoms with Crippen LogP contribution in [0, 0.1) is 0 Å². The first kappa shape index (κ1) is 27.1. The van der Waals surface area contributed by atoms with Crippen LogP contribution in [0.2, 0.25) is 18.1 Å². The van der Waals surface area contributed by atoms with E-state index in [0.717, 1.165) is 17.0 Å². The number of rotatable bonds is 7. The third kappa shape index (κ3) is 5.38. The third-order valence-electron chi connectivity index (χ3n) is 7.43. The van der Waals surface area contributed by atoms with E-state index in [1.807, 2.05) is 31.2 Å². The van der Waals surface area contributed by atoms with E-state index >= 15 is 0 Å². The van der Waals surface area contributed by atoms with E-state index in [2.05, 4.69) is 70.3 Å². The lowest BCUT2D eigenvalue weighted by atomic mass is 10.1. The molecule has 3 aromatic rings. The summed E-state index contributed by atoms with van der Waals surface area (Å²) in [6.45, 7) is 20.4. The number of hydrogen-bond donors (Lipinski definition) is 3. The summed E-state index contributed by atoms with van der Waals surface area (Å²) in [5, 5.41) is 7.05. The first-order valence-electron chi connectivity index (χ1n) is 13.1. The van der Waals surface area contributed by atoms with Crippen molar-refractivity contribution in [2.45, 2.75) is 91.1 Å². The molecule has 0 fully saturated rings. The molecule has 0 bridgehead atoms. The molecule has 1 unspecified atom stereocenters. The average molecular weight is 524 g/mol. The van der Waals surface area contributed by atoms with Crippen molar-refractivity contribution in [3.63, 3.8) is 0 Å². The van der Waals surface area contributed by atoms with Gasteiger partial charge in [-0.3, -0.25) is 14.2 Å². The SMILES string of the molecule is CC1NC(=O)c2cc(-c3cccc4c(=O)n(CCCO[Si](C)(C)C(C)(C)C)c(NC(C)(C)C)nc34)[nH]c21. The van der Waals surface area contributed by atoms with Gasteiger partial charge in [-0.1, -0.05) is 32.9 Å². The highest BCUT2D eigenvalue weighted by Gasteiger charge is 2.37. The zero-order valence-corrected chi connectivity index (χ0v) is 24.6. The van der Waals surface area contributed by atoms with Gasteiger partial charge in [-0.2, -0.15) is 0 Å². The van der Waals surface area contributed by atoms with Crippen molar-refractivity contribution in [2.24, 2.45) is 0 Å². The zero-order valence-electron chi connectivity index (χ0n) is 23.6. The Hall–Kier alpha value is -2.91. The number of carbonyl (C=O) groups excluding carboxylic acids is 1. The van der Waals surface area contributed by atoms with Gasteiger partial charge in [0.1, 0.15) is 0 Å². The lowest BCUT2D eigenvalue weighted by molar-refractivity contribution is 0.0958. The van der Waals surface area contributed by atoms with Gasteiger partial charge in [0.15, 0.2) is 8.32 Å². The van der Waals surface area contributed by atoms with E-state index in [4.69, 9.17) is 9.41 Å². The fraction of sp³-hybridized carbons (Fsp3) is 0.536. The van der Waals surface area contributed by atoms with Crippen molar-refractivity contribution in [1.82, 2.24) is 19.9 Å². The average Bonchev–Trinajstić information content (AvgIpc) is 3.32. The van der Waals surface area contributed by atoms with Crippen LogP contribution in [0.25, 0.3) is 22.2 Å². The number of anilines is 1. The summed E-state index contributed by atoms with van der Waals surface area (Å²) < 4.78 is 8.09. The summed E-state index contributed by atoms with van der Waals surface area (Å²) >= 11 is 0. The molecular weight excluding hydrogens is 482 g/mol. The van der Waals surface area contributed by atoms with Crippen LogP contribution in [-0.2, 0) is 11.0 Å². The number of aromatic nitrogens is 3. The maximum atomic E-state index is 13.8. The second-order valence-electron chi connectivity index (χ2n) is 12.6. The van der Waals surface area contributed by atoms with Crippen LogP contribution < -0.4 is 16.2 Å². The molecule has 3 heterocycles. The largest absolute Gasteiger partial charge is 0.417 e. The van der Waals surface area contributed by atoms with Crippen LogP contribution in [0.4, 0.5) is 5.95 Å². The van der Waals surface area contributed by atoms with Crippen molar-refractivity contribution in [2.75, 3.05) is 11.9 Å². The van der Waals surface area contributed by atoms with Gasteiger partial charge in [0.05, 0.1) is 28.2 Å².